The molecule has 1 heterocycles. The summed E-state index contributed by atoms with van der Waals surface area (Å²) in [5.74, 6) is 5.69. The first-order chi connectivity index (χ1) is 4.69. The molecule has 1 rings (SSSR count). The highest BCUT2D eigenvalue weighted by Gasteiger charge is 2.30. The van der Waals surface area contributed by atoms with Gasteiger partial charge in [0.2, 0.25) is 0 Å². The van der Waals surface area contributed by atoms with Crippen LogP contribution < -0.4 is 16.9 Å². The lowest BCUT2D eigenvalue weighted by Gasteiger charge is -2.41. The third-order valence-corrected chi connectivity index (χ3v) is 2.14. The van der Waals surface area contributed by atoms with Crippen molar-refractivity contribution in [1.29, 1.82) is 0 Å². The molecule has 1 saturated heterocycles. The molecule has 0 radical (unpaired) electrons. The highest BCUT2D eigenvalue weighted by atomic mass is 15.5. The van der Waals surface area contributed by atoms with Crippen molar-refractivity contribution >= 4 is 0 Å². The summed E-state index contributed by atoms with van der Waals surface area (Å²) in [6.45, 7) is 4.62. The topological polar surface area (TPSA) is 67.3 Å². The predicted molar refractivity (Wildman–Crippen MR) is 41.0 cm³/mol. The molecule has 1 atom stereocenters. The molecule has 1 fully saturated rings. The van der Waals surface area contributed by atoms with Crippen LogP contribution in [0.15, 0.2) is 0 Å². The number of nitrogens with zero attached hydrogens (tertiary/aromatic N) is 1. The van der Waals surface area contributed by atoms with Crippen LogP contribution in [0.5, 0.6) is 0 Å². The van der Waals surface area contributed by atoms with Gasteiger partial charge in [-0.3, -0.25) is 5.84 Å². The lowest BCUT2D eigenvalue weighted by molar-refractivity contribution is 0.0611. The van der Waals surface area contributed by atoms with Gasteiger partial charge < -0.3 is 11.1 Å². The van der Waals surface area contributed by atoms with E-state index in [9.17, 15) is 0 Å². The largest absolute Gasteiger partial charge is 0.312 e. The molecule has 0 aromatic carbocycles. The second-order valence-electron chi connectivity index (χ2n) is 2.83. The van der Waals surface area contributed by atoms with Crippen LogP contribution in [0.25, 0.3) is 0 Å². The second-order valence-corrected chi connectivity index (χ2v) is 2.83. The lowest BCUT2D eigenvalue weighted by Crippen LogP contribution is -2.68. The zero-order valence-electron chi connectivity index (χ0n) is 6.43. The molecule has 10 heavy (non-hydrogen) atoms. The van der Waals surface area contributed by atoms with E-state index in [2.05, 4.69) is 5.32 Å². The molecule has 60 valence electrons. The summed E-state index contributed by atoms with van der Waals surface area (Å²) in [5, 5.41) is 4.94. The summed E-state index contributed by atoms with van der Waals surface area (Å²) in [4.78, 5) is 0. The van der Waals surface area contributed by atoms with Crippen LogP contribution in [0.1, 0.15) is 13.3 Å². The quantitative estimate of drug-likeness (QED) is 0.406. The predicted octanol–water partition coefficient (Wildman–Crippen LogP) is -1.17. The van der Waals surface area contributed by atoms with Crippen molar-refractivity contribution in [1.82, 2.24) is 10.3 Å². The Balaban J connectivity index is 2.54. The molecule has 0 aliphatic carbocycles. The molecule has 0 aromatic rings. The van der Waals surface area contributed by atoms with Crippen molar-refractivity contribution in [3.05, 3.63) is 0 Å². The number of hydrazine groups is 1. The van der Waals surface area contributed by atoms with E-state index in [4.69, 9.17) is 11.6 Å². The van der Waals surface area contributed by atoms with Crippen LogP contribution in [-0.4, -0.2) is 30.3 Å². The summed E-state index contributed by atoms with van der Waals surface area (Å²) >= 11 is 0. The van der Waals surface area contributed by atoms with Gasteiger partial charge in [-0.2, -0.15) is 0 Å². The van der Waals surface area contributed by atoms with Crippen LogP contribution in [0.2, 0.25) is 0 Å². The van der Waals surface area contributed by atoms with Gasteiger partial charge in [0.1, 0.15) is 0 Å². The first-order valence-electron chi connectivity index (χ1n) is 3.71. The van der Waals surface area contributed by atoms with E-state index in [0.717, 1.165) is 26.1 Å². The molecule has 0 saturated carbocycles. The van der Waals surface area contributed by atoms with Gasteiger partial charge in [0.25, 0.3) is 0 Å². The van der Waals surface area contributed by atoms with E-state index in [0.29, 0.717) is 0 Å². The number of rotatable bonds is 1. The molecule has 1 unspecified atom stereocenters. The van der Waals surface area contributed by atoms with Crippen molar-refractivity contribution in [3.8, 4) is 0 Å². The molecule has 0 amide bonds. The highest BCUT2D eigenvalue weighted by molar-refractivity contribution is 4.86. The van der Waals surface area contributed by atoms with E-state index in [1.165, 1.54) is 0 Å². The van der Waals surface area contributed by atoms with E-state index in [1.807, 2.05) is 6.92 Å². The van der Waals surface area contributed by atoms with Gasteiger partial charge in [-0.25, -0.2) is 5.01 Å². The van der Waals surface area contributed by atoms with E-state index in [1.54, 1.807) is 5.01 Å². The highest BCUT2D eigenvalue weighted by Crippen LogP contribution is 2.09. The van der Waals surface area contributed by atoms with E-state index in [-0.39, 0.29) is 5.66 Å². The molecule has 0 bridgehead atoms. The molecule has 1 aliphatic heterocycles. The van der Waals surface area contributed by atoms with Gasteiger partial charge in [0, 0.05) is 19.6 Å². The van der Waals surface area contributed by atoms with Crippen molar-refractivity contribution in [2.45, 2.75) is 19.0 Å². The molecule has 0 aromatic heterocycles. The average Bonchev–Trinajstić information content (AvgIpc) is 1.96. The molecule has 0 spiro atoms. The maximum absolute atomic E-state index is 5.94. The molecular formula is C6H16N4. The van der Waals surface area contributed by atoms with Gasteiger partial charge in [-0.15, -0.1) is 0 Å². The van der Waals surface area contributed by atoms with Gasteiger partial charge in [-0.05, 0) is 6.42 Å². The molecule has 5 N–H and O–H groups in total. The smallest absolute Gasteiger partial charge is 0.0941 e. The lowest BCUT2D eigenvalue weighted by atomic mass is 10.1. The fourth-order valence-corrected chi connectivity index (χ4v) is 1.16. The Morgan fingerprint density at radius 2 is 2.40 bits per heavy atom. The van der Waals surface area contributed by atoms with Crippen LogP contribution in [0.4, 0.5) is 0 Å². The number of nitrogens with one attached hydrogen (secondary N) is 1. The standard InChI is InChI=1S/C6H16N4/c1-2-6(7)5-9-3-4-10(6)8/h9H,2-5,7-8H2,1H3. The van der Waals surface area contributed by atoms with Gasteiger partial charge >= 0.3 is 0 Å². The summed E-state index contributed by atoms with van der Waals surface area (Å²) in [7, 11) is 0. The van der Waals surface area contributed by atoms with Crippen molar-refractivity contribution in [2.24, 2.45) is 11.6 Å². The number of hydrogen-bond acceptors (Lipinski definition) is 4. The van der Waals surface area contributed by atoms with Crippen molar-refractivity contribution in [2.75, 3.05) is 19.6 Å². The fraction of sp³-hybridized carbons (Fsp3) is 1.00. The van der Waals surface area contributed by atoms with Crippen LogP contribution >= 0.6 is 0 Å². The van der Waals surface area contributed by atoms with Crippen molar-refractivity contribution < 1.29 is 0 Å². The van der Waals surface area contributed by atoms with E-state index >= 15 is 0 Å². The van der Waals surface area contributed by atoms with Gasteiger partial charge in [0.05, 0.1) is 5.66 Å². The molecule has 4 nitrogen and oxygen atoms in total. The third-order valence-electron chi connectivity index (χ3n) is 2.14. The Bertz CT molecular complexity index is 116. The monoisotopic (exact) mass is 144 g/mol. The minimum Gasteiger partial charge on any atom is -0.312 e. The summed E-state index contributed by atoms with van der Waals surface area (Å²) < 4.78 is 0. The number of nitrogens with two attached hydrogens (primary N) is 2. The SMILES string of the molecule is CCC1(N)CNCCN1N. The van der Waals surface area contributed by atoms with Crippen LogP contribution in [-0.2, 0) is 0 Å². The zero-order valence-corrected chi connectivity index (χ0v) is 6.43. The van der Waals surface area contributed by atoms with Crippen LogP contribution in [0.3, 0.4) is 0 Å². The van der Waals surface area contributed by atoms with Gasteiger partial charge in [0.15, 0.2) is 0 Å². The first-order valence-corrected chi connectivity index (χ1v) is 3.71. The minimum atomic E-state index is -0.321. The summed E-state index contributed by atoms with van der Waals surface area (Å²) in [6.07, 6.45) is 0.885. The van der Waals surface area contributed by atoms with Crippen molar-refractivity contribution in [3.63, 3.8) is 0 Å². The Morgan fingerprint density at radius 1 is 1.70 bits per heavy atom. The van der Waals surface area contributed by atoms with Gasteiger partial charge in [-0.1, -0.05) is 6.92 Å². The maximum Gasteiger partial charge on any atom is 0.0941 e. The Hall–Kier alpha value is -0.160. The normalized spacial score (nSPS) is 36.3. The Morgan fingerprint density at radius 3 is 2.80 bits per heavy atom. The third kappa shape index (κ3) is 1.29. The summed E-state index contributed by atoms with van der Waals surface area (Å²) in [5.41, 5.74) is 5.62. The molecule has 1 aliphatic rings. The maximum atomic E-state index is 5.94. The Labute approximate surface area is 61.5 Å². The minimum absolute atomic E-state index is 0.321. The zero-order chi connectivity index (χ0) is 7.61. The van der Waals surface area contributed by atoms with Crippen LogP contribution in [0, 0.1) is 0 Å². The average molecular weight is 144 g/mol. The summed E-state index contributed by atoms with van der Waals surface area (Å²) in [6, 6.07) is 0. The first kappa shape index (κ1) is 7.94. The number of piperazine rings is 1. The fourth-order valence-electron chi connectivity index (χ4n) is 1.16. The Kier molecular flexibility index (Phi) is 2.25. The van der Waals surface area contributed by atoms with E-state index < -0.39 is 0 Å². The molecular weight excluding hydrogens is 128 g/mol. The molecule has 4 heteroatoms. The second kappa shape index (κ2) is 2.84. The number of hydrogen-bond donors (Lipinski definition) is 3.